The molecule has 0 bridgehead atoms. The molecule has 1 heterocycles. The molecule has 0 amide bonds. The maximum atomic E-state index is 10.2. The van der Waals surface area contributed by atoms with Gasteiger partial charge in [0.15, 0.2) is 0 Å². The molecule has 2 N–H and O–H groups in total. The monoisotopic (exact) mass is 201 g/mol. The highest BCUT2D eigenvalue weighted by atomic mass is 16.5. The summed E-state index contributed by atoms with van der Waals surface area (Å²) in [6, 6.07) is 0. The lowest BCUT2D eigenvalue weighted by Crippen LogP contribution is -2.47. The number of carboxylic acid groups (broad SMARTS) is 1. The van der Waals surface area contributed by atoms with E-state index in [1.165, 1.54) is 0 Å². The Labute approximate surface area is 84.6 Å². The van der Waals surface area contributed by atoms with Crippen LogP contribution in [0, 0.1) is 5.41 Å². The minimum absolute atomic E-state index is 0.280. The minimum Gasteiger partial charge on any atom is -0.481 e. The van der Waals surface area contributed by atoms with Crippen LogP contribution in [0.25, 0.3) is 0 Å². The van der Waals surface area contributed by atoms with Gasteiger partial charge in [0.2, 0.25) is 0 Å². The molecule has 1 rings (SSSR count). The Hall–Kier alpha value is -0.610. The van der Waals surface area contributed by atoms with E-state index >= 15 is 0 Å². The number of hydrogen-bond acceptors (Lipinski definition) is 3. The first-order valence-corrected chi connectivity index (χ1v) is 5.13. The zero-order valence-electron chi connectivity index (χ0n) is 8.71. The smallest absolute Gasteiger partial charge is 0.303 e. The highest BCUT2D eigenvalue weighted by molar-refractivity contribution is 5.66. The highest BCUT2D eigenvalue weighted by Crippen LogP contribution is 2.24. The van der Waals surface area contributed by atoms with Gasteiger partial charge in [-0.2, -0.15) is 0 Å². The van der Waals surface area contributed by atoms with Gasteiger partial charge in [-0.25, -0.2) is 0 Å². The van der Waals surface area contributed by atoms with Gasteiger partial charge in [0.05, 0.1) is 13.2 Å². The fraction of sp³-hybridized carbons (Fsp3) is 0.900. The Morgan fingerprint density at radius 2 is 2.21 bits per heavy atom. The van der Waals surface area contributed by atoms with Crippen molar-refractivity contribution in [3.8, 4) is 0 Å². The van der Waals surface area contributed by atoms with E-state index in [4.69, 9.17) is 9.84 Å². The van der Waals surface area contributed by atoms with Crippen molar-refractivity contribution in [1.29, 1.82) is 0 Å². The normalized spacial score (nSPS) is 18.9. The van der Waals surface area contributed by atoms with Crippen LogP contribution in [0.2, 0.25) is 0 Å². The summed E-state index contributed by atoms with van der Waals surface area (Å²) in [5, 5.41) is 11.7. The number of carbonyl (C=O) groups is 1. The number of ether oxygens (including phenoxy) is 1. The number of rotatable bonds is 7. The Morgan fingerprint density at radius 3 is 2.71 bits per heavy atom. The van der Waals surface area contributed by atoms with E-state index < -0.39 is 5.97 Å². The van der Waals surface area contributed by atoms with Crippen LogP contribution in [0.5, 0.6) is 0 Å². The van der Waals surface area contributed by atoms with Crippen molar-refractivity contribution < 1.29 is 14.6 Å². The number of nitrogens with one attached hydrogen (secondary N) is 1. The van der Waals surface area contributed by atoms with Crippen LogP contribution >= 0.6 is 0 Å². The number of hydrogen-bond donors (Lipinski definition) is 2. The molecule has 1 aliphatic heterocycles. The van der Waals surface area contributed by atoms with Crippen molar-refractivity contribution in [2.24, 2.45) is 5.41 Å². The molecule has 1 saturated heterocycles. The van der Waals surface area contributed by atoms with Crippen molar-refractivity contribution >= 4 is 5.97 Å². The van der Waals surface area contributed by atoms with E-state index in [0.29, 0.717) is 5.41 Å². The molecule has 0 aliphatic carbocycles. The Morgan fingerprint density at radius 1 is 1.50 bits per heavy atom. The molecule has 14 heavy (non-hydrogen) atoms. The highest BCUT2D eigenvalue weighted by Gasteiger charge is 2.32. The zero-order chi connectivity index (χ0) is 10.4. The predicted octanol–water partition coefficient (Wildman–Crippen LogP) is 0.867. The molecule has 0 aromatic carbocycles. The first-order valence-electron chi connectivity index (χ1n) is 5.13. The molecule has 1 aliphatic rings. The molecular formula is C10H19NO3. The van der Waals surface area contributed by atoms with Gasteiger partial charge in [0.1, 0.15) is 0 Å². The maximum Gasteiger partial charge on any atom is 0.303 e. The molecule has 0 atom stereocenters. The molecule has 0 aromatic rings. The van der Waals surface area contributed by atoms with Crippen LogP contribution in [0.4, 0.5) is 0 Å². The summed E-state index contributed by atoms with van der Waals surface area (Å²) in [6.45, 7) is 5.76. The van der Waals surface area contributed by atoms with Crippen molar-refractivity contribution in [2.75, 3.05) is 26.3 Å². The first kappa shape index (κ1) is 11.5. The summed E-state index contributed by atoms with van der Waals surface area (Å²) in [6.07, 6.45) is 1.97. The van der Waals surface area contributed by atoms with Crippen LogP contribution in [-0.2, 0) is 9.53 Å². The average molecular weight is 201 g/mol. The van der Waals surface area contributed by atoms with Crippen LogP contribution in [0.15, 0.2) is 0 Å². The standard InChI is InChI=1S/C10H19NO3/c1-10(7-14-8-10)6-11-5-3-2-4-9(12)13/h11H,2-8H2,1H3,(H,12,13). The van der Waals surface area contributed by atoms with E-state index in [1.807, 2.05) is 0 Å². The molecule has 4 nitrogen and oxygen atoms in total. The van der Waals surface area contributed by atoms with Gasteiger partial charge in [-0.1, -0.05) is 6.92 Å². The molecular weight excluding hydrogens is 182 g/mol. The van der Waals surface area contributed by atoms with Gasteiger partial charge >= 0.3 is 5.97 Å². The third-order valence-electron chi connectivity index (χ3n) is 2.45. The fourth-order valence-corrected chi connectivity index (χ4v) is 1.47. The zero-order valence-corrected chi connectivity index (χ0v) is 8.71. The largest absolute Gasteiger partial charge is 0.481 e. The molecule has 4 heteroatoms. The second kappa shape index (κ2) is 5.32. The lowest BCUT2D eigenvalue weighted by atomic mass is 9.89. The minimum atomic E-state index is -0.704. The lowest BCUT2D eigenvalue weighted by Gasteiger charge is -2.38. The van der Waals surface area contributed by atoms with Gasteiger partial charge in [-0.15, -0.1) is 0 Å². The van der Waals surface area contributed by atoms with Gasteiger partial charge < -0.3 is 15.2 Å². The summed E-state index contributed by atoms with van der Waals surface area (Å²) in [5.74, 6) is -0.704. The fourth-order valence-electron chi connectivity index (χ4n) is 1.47. The van der Waals surface area contributed by atoms with Crippen molar-refractivity contribution in [3.63, 3.8) is 0 Å². The van der Waals surface area contributed by atoms with Crippen LogP contribution in [0.3, 0.4) is 0 Å². The van der Waals surface area contributed by atoms with E-state index in [0.717, 1.165) is 39.1 Å². The topological polar surface area (TPSA) is 58.6 Å². The number of carboxylic acids is 1. The molecule has 0 radical (unpaired) electrons. The summed E-state index contributed by atoms with van der Waals surface area (Å²) < 4.78 is 5.13. The van der Waals surface area contributed by atoms with Crippen molar-refractivity contribution in [2.45, 2.75) is 26.2 Å². The molecule has 0 aromatic heterocycles. The number of unbranched alkanes of at least 4 members (excludes halogenated alkanes) is 1. The molecule has 0 saturated carbocycles. The maximum absolute atomic E-state index is 10.2. The average Bonchev–Trinajstić information content (AvgIpc) is 2.07. The van der Waals surface area contributed by atoms with Gasteiger partial charge in [0, 0.05) is 18.4 Å². The van der Waals surface area contributed by atoms with Crippen LogP contribution in [-0.4, -0.2) is 37.4 Å². The number of aliphatic carboxylic acids is 1. The second-order valence-corrected chi connectivity index (χ2v) is 4.33. The van der Waals surface area contributed by atoms with Crippen LogP contribution < -0.4 is 5.32 Å². The van der Waals surface area contributed by atoms with E-state index in [2.05, 4.69) is 12.2 Å². The summed E-state index contributed by atoms with van der Waals surface area (Å²) in [4.78, 5) is 10.2. The SMILES string of the molecule is CC1(CNCCCCC(=O)O)COC1. The summed E-state index contributed by atoms with van der Waals surface area (Å²) in [5.41, 5.74) is 0.312. The molecule has 1 fully saturated rings. The Kier molecular flexibility index (Phi) is 4.35. The Bertz CT molecular complexity index is 190. The van der Waals surface area contributed by atoms with Gasteiger partial charge in [0.25, 0.3) is 0 Å². The third-order valence-corrected chi connectivity index (χ3v) is 2.45. The van der Waals surface area contributed by atoms with Crippen molar-refractivity contribution in [3.05, 3.63) is 0 Å². The van der Waals surface area contributed by atoms with Gasteiger partial charge in [-0.3, -0.25) is 4.79 Å². The Balaban J connectivity index is 1.87. The van der Waals surface area contributed by atoms with Crippen molar-refractivity contribution in [1.82, 2.24) is 5.32 Å². The summed E-state index contributed by atoms with van der Waals surface area (Å²) in [7, 11) is 0. The van der Waals surface area contributed by atoms with E-state index in [-0.39, 0.29) is 6.42 Å². The quantitative estimate of drug-likeness (QED) is 0.600. The molecule has 0 unspecified atom stereocenters. The molecule has 82 valence electrons. The third kappa shape index (κ3) is 4.07. The molecule has 0 spiro atoms. The van der Waals surface area contributed by atoms with Crippen LogP contribution in [0.1, 0.15) is 26.2 Å². The lowest BCUT2D eigenvalue weighted by molar-refractivity contribution is -0.137. The van der Waals surface area contributed by atoms with E-state index in [9.17, 15) is 4.79 Å². The summed E-state index contributed by atoms with van der Waals surface area (Å²) >= 11 is 0. The first-order chi connectivity index (χ1) is 6.62. The second-order valence-electron chi connectivity index (χ2n) is 4.33. The van der Waals surface area contributed by atoms with Gasteiger partial charge in [-0.05, 0) is 19.4 Å². The predicted molar refractivity (Wildman–Crippen MR) is 53.3 cm³/mol. The van der Waals surface area contributed by atoms with E-state index in [1.54, 1.807) is 0 Å².